The Bertz CT molecular complexity index is 728. The minimum absolute atomic E-state index is 0.165. The summed E-state index contributed by atoms with van der Waals surface area (Å²) >= 11 is 5.66. The fourth-order valence-corrected chi connectivity index (χ4v) is 3.05. The Labute approximate surface area is 139 Å². The van der Waals surface area contributed by atoms with Crippen molar-refractivity contribution in [2.24, 2.45) is 0 Å². The molecule has 0 aliphatic heterocycles. The molecule has 0 spiro atoms. The summed E-state index contributed by atoms with van der Waals surface area (Å²) in [5.74, 6) is -0.480. The summed E-state index contributed by atoms with van der Waals surface area (Å²) in [6.07, 6.45) is 0. The van der Waals surface area contributed by atoms with Crippen molar-refractivity contribution >= 4 is 33.2 Å². The molecule has 0 aliphatic rings. The number of sulfonamides is 1. The molecule has 0 unspecified atom stereocenters. The van der Waals surface area contributed by atoms with Gasteiger partial charge in [-0.2, -0.15) is 4.31 Å². The zero-order valence-corrected chi connectivity index (χ0v) is 14.7. The van der Waals surface area contributed by atoms with Gasteiger partial charge >= 0.3 is 0 Å². The van der Waals surface area contributed by atoms with E-state index in [1.807, 2.05) is 0 Å². The molecule has 1 N–H and O–H groups in total. The molecular weight excluding hydrogens is 346 g/mol. The average Bonchev–Trinajstić information content (AvgIpc) is 2.35. The van der Waals surface area contributed by atoms with Crippen molar-refractivity contribution in [1.29, 1.82) is 0 Å². The summed E-state index contributed by atoms with van der Waals surface area (Å²) in [6.45, 7) is 4.89. The van der Waals surface area contributed by atoms with E-state index < -0.39 is 38.6 Å². The fourth-order valence-electron chi connectivity index (χ4n) is 1.72. The maximum absolute atomic E-state index is 12.4. The number of carbonyl (C=O) groups is 1. The second-order valence-electron chi connectivity index (χ2n) is 5.93. The summed E-state index contributed by atoms with van der Waals surface area (Å²) in [7, 11) is -2.83. The molecule has 0 radical (unpaired) electrons. The molecule has 10 heteroatoms. The zero-order valence-electron chi connectivity index (χ0n) is 13.2. The minimum atomic E-state index is -4.05. The van der Waals surface area contributed by atoms with Crippen LogP contribution in [0, 0.1) is 10.1 Å². The highest BCUT2D eigenvalue weighted by molar-refractivity contribution is 7.89. The number of benzene rings is 1. The third-order valence-electron chi connectivity index (χ3n) is 2.70. The number of nitro benzene ring substituents is 1. The predicted molar refractivity (Wildman–Crippen MR) is 85.8 cm³/mol. The standard InChI is InChI=1S/C13H18ClN3O5S/c1-13(2,3)15-12(18)8-16(4)23(21,22)9-5-6-10(14)11(7-9)17(19)20/h5-7H,8H2,1-4H3,(H,15,18). The van der Waals surface area contributed by atoms with Crippen molar-refractivity contribution in [2.45, 2.75) is 31.2 Å². The van der Waals surface area contributed by atoms with Gasteiger partial charge in [0.15, 0.2) is 0 Å². The largest absolute Gasteiger partial charge is 0.350 e. The van der Waals surface area contributed by atoms with E-state index in [2.05, 4.69) is 5.32 Å². The predicted octanol–water partition coefficient (Wildman–Crippen LogP) is 1.78. The van der Waals surface area contributed by atoms with Gasteiger partial charge in [0.05, 0.1) is 16.4 Å². The van der Waals surface area contributed by atoms with Gasteiger partial charge in [0.1, 0.15) is 5.02 Å². The molecule has 0 bridgehead atoms. The maximum atomic E-state index is 12.4. The van der Waals surface area contributed by atoms with Gasteiger partial charge in [0, 0.05) is 18.7 Å². The van der Waals surface area contributed by atoms with Gasteiger partial charge in [-0.25, -0.2) is 8.42 Å². The summed E-state index contributed by atoms with van der Waals surface area (Å²) in [5, 5.41) is 13.3. The average molecular weight is 364 g/mol. The van der Waals surface area contributed by atoms with Crippen LogP contribution in [0.4, 0.5) is 5.69 Å². The Morgan fingerprint density at radius 1 is 1.39 bits per heavy atom. The summed E-state index contributed by atoms with van der Waals surface area (Å²) in [4.78, 5) is 21.6. The number of hydrogen-bond acceptors (Lipinski definition) is 5. The van der Waals surface area contributed by atoms with Crippen LogP contribution in [0.15, 0.2) is 23.1 Å². The van der Waals surface area contributed by atoms with Gasteiger partial charge in [-0.1, -0.05) is 11.6 Å². The number of nitrogens with one attached hydrogen (secondary N) is 1. The van der Waals surface area contributed by atoms with Crippen molar-refractivity contribution in [3.8, 4) is 0 Å². The van der Waals surface area contributed by atoms with E-state index in [4.69, 9.17) is 11.6 Å². The lowest BCUT2D eigenvalue weighted by molar-refractivity contribution is -0.384. The SMILES string of the molecule is CN(CC(=O)NC(C)(C)C)S(=O)(=O)c1ccc(Cl)c([N+](=O)[O-])c1. The second-order valence-corrected chi connectivity index (χ2v) is 8.38. The topological polar surface area (TPSA) is 110 Å². The number of likely N-dealkylation sites (N-methyl/N-ethyl adjacent to an activating group) is 1. The molecule has 1 rings (SSSR count). The van der Waals surface area contributed by atoms with Crippen LogP contribution in [-0.2, 0) is 14.8 Å². The van der Waals surface area contributed by atoms with E-state index in [9.17, 15) is 23.3 Å². The Balaban J connectivity index is 3.05. The molecule has 23 heavy (non-hydrogen) atoms. The van der Waals surface area contributed by atoms with E-state index in [0.717, 1.165) is 22.5 Å². The summed E-state index contributed by atoms with van der Waals surface area (Å²) < 4.78 is 25.6. The molecule has 128 valence electrons. The number of nitro groups is 1. The lowest BCUT2D eigenvalue weighted by Crippen LogP contribution is -2.46. The molecule has 0 heterocycles. The zero-order chi connectivity index (χ0) is 18.0. The number of halogens is 1. The number of rotatable bonds is 5. The van der Waals surface area contributed by atoms with Crippen molar-refractivity contribution in [1.82, 2.24) is 9.62 Å². The Kier molecular flexibility index (Phi) is 5.73. The molecule has 1 aromatic carbocycles. The maximum Gasteiger partial charge on any atom is 0.289 e. The quantitative estimate of drug-likeness (QED) is 0.633. The summed E-state index contributed by atoms with van der Waals surface area (Å²) in [6, 6.07) is 3.16. The first-order valence-electron chi connectivity index (χ1n) is 6.56. The van der Waals surface area contributed by atoms with Crippen LogP contribution in [0.25, 0.3) is 0 Å². The molecular formula is C13H18ClN3O5S. The lowest BCUT2D eigenvalue weighted by Gasteiger charge is -2.23. The van der Waals surface area contributed by atoms with Gasteiger partial charge in [0.25, 0.3) is 5.69 Å². The van der Waals surface area contributed by atoms with Crippen LogP contribution in [0.1, 0.15) is 20.8 Å². The van der Waals surface area contributed by atoms with Crippen LogP contribution in [0.3, 0.4) is 0 Å². The van der Waals surface area contributed by atoms with Crippen LogP contribution < -0.4 is 5.32 Å². The Hall–Kier alpha value is -1.71. The smallest absolute Gasteiger partial charge is 0.289 e. The first-order chi connectivity index (χ1) is 10.3. The molecule has 0 atom stereocenters. The number of nitrogens with zero attached hydrogens (tertiary/aromatic N) is 2. The molecule has 1 aromatic rings. The van der Waals surface area contributed by atoms with Gasteiger partial charge in [0.2, 0.25) is 15.9 Å². The van der Waals surface area contributed by atoms with Gasteiger partial charge in [-0.05, 0) is 32.9 Å². The highest BCUT2D eigenvalue weighted by atomic mass is 35.5. The van der Waals surface area contributed by atoms with E-state index in [1.165, 1.54) is 7.05 Å². The highest BCUT2D eigenvalue weighted by Crippen LogP contribution is 2.28. The molecule has 0 saturated carbocycles. The van der Waals surface area contributed by atoms with E-state index >= 15 is 0 Å². The van der Waals surface area contributed by atoms with Crippen LogP contribution in [-0.4, -0.2) is 42.7 Å². The minimum Gasteiger partial charge on any atom is -0.350 e. The number of carbonyl (C=O) groups excluding carboxylic acids is 1. The van der Waals surface area contributed by atoms with Gasteiger partial charge in [-0.15, -0.1) is 0 Å². The van der Waals surface area contributed by atoms with E-state index in [1.54, 1.807) is 20.8 Å². The molecule has 0 saturated heterocycles. The highest BCUT2D eigenvalue weighted by Gasteiger charge is 2.27. The number of amides is 1. The first kappa shape index (κ1) is 19.3. The molecule has 1 amide bonds. The van der Waals surface area contributed by atoms with E-state index in [0.29, 0.717) is 0 Å². The monoisotopic (exact) mass is 363 g/mol. The fraction of sp³-hybridized carbons (Fsp3) is 0.462. The van der Waals surface area contributed by atoms with E-state index in [-0.39, 0.29) is 9.92 Å². The van der Waals surface area contributed by atoms with Crippen molar-refractivity contribution < 1.29 is 18.1 Å². The normalized spacial score (nSPS) is 12.3. The molecule has 0 aliphatic carbocycles. The van der Waals surface area contributed by atoms with Gasteiger partial charge in [-0.3, -0.25) is 14.9 Å². The van der Waals surface area contributed by atoms with Crippen LogP contribution >= 0.6 is 11.6 Å². The lowest BCUT2D eigenvalue weighted by atomic mass is 10.1. The molecule has 0 aromatic heterocycles. The van der Waals surface area contributed by atoms with Gasteiger partial charge < -0.3 is 5.32 Å². The Morgan fingerprint density at radius 3 is 2.43 bits per heavy atom. The third-order valence-corrected chi connectivity index (χ3v) is 4.82. The van der Waals surface area contributed by atoms with Crippen LogP contribution in [0.2, 0.25) is 5.02 Å². The molecule has 8 nitrogen and oxygen atoms in total. The Morgan fingerprint density at radius 2 is 1.96 bits per heavy atom. The van der Waals surface area contributed by atoms with Crippen molar-refractivity contribution in [3.63, 3.8) is 0 Å². The molecule has 0 fully saturated rings. The van der Waals surface area contributed by atoms with Crippen LogP contribution in [0.5, 0.6) is 0 Å². The third kappa shape index (κ3) is 5.15. The number of hydrogen-bond donors (Lipinski definition) is 1. The van der Waals surface area contributed by atoms with Crippen molar-refractivity contribution in [2.75, 3.05) is 13.6 Å². The second kappa shape index (κ2) is 6.81. The summed E-state index contributed by atoms with van der Waals surface area (Å²) in [5.41, 5.74) is -1.01. The van der Waals surface area contributed by atoms with Crippen molar-refractivity contribution in [3.05, 3.63) is 33.3 Å². The first-order valence-corrected chi connectivity index (χ1v) is 8.37.